The number of allylic oxidation sites excluding steroid dienone is 1. The van der Waals surface area contributed by atoms with Crippen molar-refractivity contribution >= 4 is 22.9 Å². The van der Waals surface area contributed by atoms with Gasteiger partial charge in [-0.25, -0.2) is 5.43 Å². The van der Waals surface area contributed by atoms with Crippen molar-refractivity contribution in [3.63, 3.8) is 0 Å². The fourth-order valence-electron chi connectivity index (χ4n) is 0.566. The summed E-state index contributed by atoms with van der Waals surface area (Å²) in [6.07, 6.45) is 5.95. The third-order valence-electron chi connectivity index (χ3n) is 1.17. The van der Waals surface area contributed by atoms with E-state index in [1.807, 2.05) is 26.2 Å². The SMILES string of the molecule is C/C=C(\C=C\NNC)CNI. The Morgan fingerprint density at radius 1 is 1.55 bits per heavy atom. The third kappa shape index (κ3) is 6.33. The highest BCUT2D eigenvalue weighted by molar-refractivity contribution is 14.1. The predicted octanol–water partition coefficient (Wildman–Crippen LogP) is 1.11. The molecule has 64 valence electrons. The van der Waals surface area contributed by atoms with Gasteiger partial charge < -0.3 is 5.43 Å². The molecule has 0 aliphatic carbocycles. The van der Waals surface area contributed by atoms with E-state index in [0.717, 1.165) is 6.54 Å². The van der Waals surface area contributed by atoms with Crippen molar-refractivity contribution in [2.45, 2.75) is 6.92 Å². The summed E-state index contributed by atoms with van der Waals surface area (Å²) >= 11 is 2.13. The number of halogens is 1. The molecule has 4 heteroatoms. The smallest absolute Gasteiger partial charge is 0.0298 e. The normalized spacial score (nSPS) is 12.5. The molecule has 0 aromatic heterocycles. The molecule has 0 unspecified atom stereocenters. The summed E-state index contributed by atoms with van der Waals surface area (Å²) in [5, 5.41) is 0. The highest BCUT2D eigenvalue weighted by Crippen LogP contribution is 1.94. The Kier molecular flexibility index (Phi) is 7.98. The van der Waals surface area contributed by atoms with Crippen molar-refractivity contribution in [1.82, 2.24) is 14.4 Å². The molecule has 0 heterocycles. The van der Waals surface area contributed by atoms with Gasteiger partial charge in [-0.3, -0.25) is 3.53 Å². The van der Waals surface area contributed by atoms with Crippen LogP contribution in [0.1, 0.15) is 6.92 Å². The van der Waals surface area contributed by atoms with Crippen molar-refractivity contribution in [2.75, 3.05) is 13.6 Å². The van der Waals surface area contributed by atoms with Crippen molar-refractivity contribution in [2.24, 2.45) is 0 Å². The highest BCUT2D eigenvalue weighted by Gasteiger charge is 1.85. The van der Waals surface area contributed by atoms with E-state index < -0.39 is 0 Å². The molecule has 0 rings (SSSR count). The average molecular weight is 267 g/mol. The lowest BCUT2D eigenvalue weighted by atomic mass is 10.2. The lowest BCUT2D eigenvalue weighted by molar-refractivity contribution is 0.730. The van der Waals surface area contributed by atoms with Gasteiger partial charge >= 0.3 is 0 Å². The van der Waals surface area contributed by atoms with Gasteiger partial charge in [-0.15, -0.1) is 0 Å². The number of hydrazine groups is 1. The Hall–Kier alpha value is -0.0700. The van der Waals surface area contributed by atoms with Crippen molar-refractivity contribution in [3.8, 4) is 0 Å². The molecule has 0 saturated heterocycles. The Bertz CT molecular complexity index is 143. The average Bonchev–Trinajstić information content (AvgIpc) is 2.03. The van der Waals surface area contributed by atoms with E-state index in [9.17, 15) is 0 Å². The topological polar surface area (TPSA) is 36.1 Å². The Balaban J connectivity index is 3.69. The summed E-state index contributed by atoms with van der Waals surface area (Å²) in [5.74, 6) is 0. The first-order valence-corrected chi connectivity index (χ1v) is 4.50. The van der Waals surface area contributed by atoms with Gasteiger partial charge in [0.1, 0.15) is 0 Å². The zero-order valence-electron chi connectivity index (χ0n) is 6.82. The molecule has 0 fully saturated rings. The zero-order valence-corrected chi connectivity index (χ0v) is 8.97. The molecule has 0 aliphatic heterocycles. The number of rotatable bonds is 5. The maximum Gasteiger partial charge on any atom is 0.0298 e. The Labute approximate surface area is 81.8 Å². The molecular formula is C7H14IN3. The van der Waals surface area contributed by atoms with Crippen LogP contribution in [0.5, 0.6) is 0 Å². The summed E-state index contributed by atoms with van der Waals surface area (Å²) in [6.45, 7) is 2.91. The van der Waals surface area contributed by atoms with Crippen LogP contribution in [-0.2, 0) is 0 Å². The van der Waals surface area contributed by atoms with Gasteiger partial charge in [0.25, 0.3) is 0 Å². The summed E-state index contributed by atoms with van der Waals surface area (Å²) in [7, 11) is 1.83. The standard InChI is InChI=1S/C7H14IN3/c1-3-7(6-10-8)4-5-11-9-2/h3-5,9-11H,6H2,1-2H3/b5-4+,7-3+. The molecular weight excluding hydrogens is 253 g/mol. The fourth-order valence-corrected chi connectivity index (χ4v) is 1.01. The van der Waals surface area contributed by atoms with Gasteiger partial charge in [0.15, 0.2) is 0 Å². The van der Waals surface area contributed by atoms with Gasteiger partial charge in [0.2, 0.25) is 0 Å². The molecule has 0 amide bonds. The van der Waals surface area contributed by atoms with Gasteiger partial charge in [-0.05, 0) is 18.6 Å². The molecule has 0 bridgehead atoms. The minimum atomic E-state index is 0.888. The van der Waals surface area contributed by atoms with Crippen molar-refractivity contribution < 1.29 is 0 Å². The number of hydrogen-bond donors (Lipinski definition) is 3. The Morgan fingerprint density at radius 3 is 2.73 bits per heavy atom. The largest absolute Gasteiger partial charge is 0.329 e. The number of hydrogen-bond acceptors (Lipinski definition) is 3. The second-order valence-corrected chi connectivity index (χ2v) is 2.66. The van der Waals surface area contributed by atoms with E-state index in [1.165, 1.54) is 5.57 Å². The van der Waals surface area contributed by atoms with Crippen LogP contribution in [0.4, 0.5) is 0 Å². The minimum absolute atomic E-state index is 0.888. The lowest BCUT2D eigenvalue weighted by Crippen LogP contribution is -2.20. The minimum Gasteiger partial charge on any atom is -0.329 e. The first-order chi connectivity index (χ1) is 5.35. The first kappa shape index (κ1) is 10.9. The third-order valence-corrected chi connectivity index (χ3v) is 1.55. The molecule has 0 aromatic carbocycles. The number of nitrogens with one attached hydrogen (secondary N) is 3. The highest BCUT2D eigenvalue weighted by atomic mass is 127. The van der Waals surface area contributed by atoms with Crippen molar-refractivity contribution in [3.05, 3.63) is 23.9 Å². The van der Waals surface area contributed by atoms with Gasteiger partial charge in [-0.1, -0.05) is 6.08 Å². The van der Waals surface area contributed by atoms with Crippen LogP contribution < -0.4 is 14.4 Å². The Morgan fingerprint density at radius 2 is 2.27 bits per heavy atom. The zero-order chi connectivity index (χ0) is 8.53. The van der Waals surface area contributed by atoms with Crippen LogP contribution in [0.25, 0.3) is 0 Å². The molecule has 0 radical (unpaired) electrons. The molecule has 0 spiro atoms. The summed E-state index contributed by atoms with van der Waals surface area (Å²) in [4.78, 5) is 0. The molecule has 0 atom stereocenters. The fraction of sp³-hybridized carbons (Fsp3) is 0.429. The molecule has 0 saturated carbocycles. The van der Waals surface area contributed by atoms with Crippen LogP contribution >= 0.6 is 22.9 Å². The predicted molar refractivity (Wildman–Crippen MR) is 57.1 cm³/mol. The van der Waals surface area contributed by atoms with Crippen LogP contribution in [0.3, 0.4) is 0 Å². The van der Waals surface area contributed by atoms with Gasteiger partial charge in [0.05, 0.1) is 0 Å². The summed E-state index contributed by atoms with van der Waals surface area (Å²) < 4.78 is 3.05. The summed E-state index contributed by atoms with van der Waals surface area (Å²) in [6, 6.07) is 0. The van der Waals surface area contributed by atoms with E-state index >= 15 is 0 Å². The molecule has 3 N–H and O–H groups in total. The second kappa shape index (κ2) is 8.03. The van der Waals surface area contributed by atoms with Crippen LogP contribution in [-0.4, -0.2) is 13.6 Å². The van der Waals surface area contributed by atoms with E-state index in [2.05, 4.69) is 43.3 Å². The molecule has 0 aliphatic rings. The molecule has 0 aromatic rings. The molecule has 11 heavy (non-hydrogen) atoms. The van der Waals surface area contributed by atoms with Crippen LogP contribution in [0, 0.1) is 0 Å². The summed E-state index contributed by atoms with van der Waals surface area (Å²) in [5.41, 5.74) is 6.92. The second-order valence-electron chi connectivity index (χ2n) is 1.90. The maximum atomic E-state index is 3.05. The molecule has 3 nitrogen and oxygen atoms in total. The van der Waals surface area contributed by atoms with E-state index in [4.69, 9.17) is 0 Å². The van der Waals surface area contributed by atoms with Crippen LogP contribution in [0.2, 0.25) is 0 Å². The van der Waals surface area contributed by atoms with Gasteiger partial charge in [-0.2, -0.15) is 0 Å². The van der Waals surface area contributed by atoms with E-state index in [0.29, 0.717) is 0 Å². The van der Waals surface area contributed by atoms with Gasteiger partial charge in [0, 0.05) is 42.7 Å². The van der Waals surface area contributed by atoms with E-state index in [1.54, 1.807) is 0 Å². The monoisotopic (exact) mass is 267 g/mol. The maximum absolute atomic E-state index is 3.05. The van der Waals surface area contributed by atoms with Crippen molar-refractivity contribution in [1.29, 1.82) is 0 Å². The lowest BCUT2D eigenvalue weighted by Gasteiger charge is -1.98. The first-order valence-electron chi connectivity index (χ1n) is 3.42. The van der Waals surface area contributed by atoms with E-state index in [-0.39, 0.29) is 0 Å². The quantitative estimate of drug-likeness (QED) is 0.302. The van der Waals surface area contributed by atoms with Crippen LogP contribution in [0.15, 0.2) is 23.9 Å².